The molecule has 0 fully saturated rings. The summed E-state index contributed by atoms with van der Waals surface area (Å²) in [6, 6.07) is 59.7. The minimum atomic E-state index is -0.351. The lowest BCUT2D eigenvalue weighted by molar-refractivity contribution is 0.652. The van der Waals surface area contributed by atoms with Crippen molar-refractivity contribution in [3.8, 4) is 44.5 Å². The van der Waals surface area contributed by atoms with E-state index in [0.717, 1.165) is 11.4 Å². The summed E-state index contributed by atoms with van der Waals surface area (Å²) in [5.74, 6) is 0. The van der Waals surface area contributed by atoms with Crippen molar-refractivity contribution in [1.82, 2.24) is 0 Å². The van der Waals surface area contributed by atoms with Crippen LogP contribution in [0.1, 0.15) is 72.2 Å². The smallest absolute Gasteiger partial charge is 0.0726 e. The Hall–Kier alpha value is -6.18. The Kier molecular flexibility index (Phi) is 5.65. The van der Waals surface area contributed by atoms with Crippen LogP contribution >= 0.6 is 0 Å². The first kappa shape index (κ1) is 30.3. The van der Waals surface area contributed by atoms with Crippen LogP contribution in [0.2, 0.25) is 0 Å². The van der Waals surface area contributed by atoms with E-state index < -0.39 is 0 Å². The molecule has 0 amide bonds. The molecule has 0 saturated carbocycles. The Morgan fingerprint density at radius 1 is 0.352 bits per heavy atom. The van der Waals surface area contributed by atoms with E-state index in [1.165, 1.54) is 99.8 Å². The van der Waals surface area contributed by atoms with Gasteiger partial charge >= 0.3 is 0 Å². The fourth-order valence-corrected chi connectivity index (χ4v) is 11.2. The van der Waals surface area contributed by atoms with Gasteiger partial charge in [0.05, 0.1) is 5.41 Å². The lowest BCUT2D eigenvalue weighted by Gasteiger charge is -2.30. The molecular formula is C53H39N. The van der Waals surface area contributed by atoms with E-state index in [4.69, 9.17) is 0 Å². The van der Waals surface area contributed by atoms with Crippen LogP contribution in [0.3, 0.4) is 0 Å². The predicted molar refractivity (Wildman–Crippen MR) is 225 cm³/mol. The van der Waals surface area contributed by atoms with Crippen LogP contribution in [-0.2, 0) is 16.2 Å². The highest BCUT2D eigenvalue weighted by molar-refractivity contribution is 6.04. The maximum atomic E-state index is 3.99. The lowest BCUT2D eigenvalue weighted by Crippen LogP contribution is -2.25. The number of fused-ring (bicyclic) bond motifs is 18. The largest absolute Gasteiger partial charge is 0.355 e. The average molecular weight is 690 g/mol. The van der Waals surface area contributed by atoms with Gasteiger partial charge in [-0.3, -0.25) is 0 Å². The van der Waals surface area contributed by atoms with Gasteiger partial charge in [0.2, 0.25) is 0 Å². The summed E-state index contributed by atoms with van der Waals surface area (Å²) in [7, 11) is 0. The summed E-state index contributed by atoms with van der Waals surface area (Å²) in [5, 5.41) is 6.64. The fraction of sp³-hybridized carbons (Fsp3) is 0.132. The van der Waals surface area contributed by atoms with E-state index in [-0.39, 0.29) is 16.2 Å². The molecule has 0 saturated heterocycles. The maximum Gasteiger partial charge on any atom is 0.0726 e. The number of benzene rings is 8. The minimum absolute atomic E-state index is 0.0696. The van der Waals surface area contributed by atoms with Gasteiger partial charge in [0.25, 0.3) is 0 Å². The van der Waals surface area contributed by atoms with Crippen molar-refractivity contribution in [2.45, 2.75) is 43.9 Å². The summed E-state index contributed by atoms with van der Waals surface area (Å²) < 4.78 is 0. The third-order valence-electron chi connectivity index (χ3n) is 13.7. The first-order valence-electron chi connectivity index (χ1n) is 19.4. The zero-order chi connectivity index (χ0) is 36.1. The maximum absolute atomic E-state index is 3.99. The molecule has 0 aliphatic heterocycles. The number of hydrogen-bond acceptors (Lipinski definition) is 1. The van der Waals surface area contributed by atoms with Gasteiger partial charge in [-0.25, -0.2) is 0 Å². The molecule has 12 rings (SSSR count). The monoisotopic (exact) mass is 689 g/mol. The van der Waals surface area contributed by atoms with Crippen molar-refractivity contribution in [1.29, 1.82) is 0 Å². The normalized spacial score (nSPS) is 16.2. The standard InChI is InChI=1S/C53H39N/c1-51(2)43-27-24-31-14-5-6-15-33(31)49(43)39-30-46-38(29-47(39)51)36-26-25-32(28-45(36)52(46,3)4)54-48-23-13-22-44-50(48)37-18-9-12-21-42(37)53(44)40-19-10-7-16-34(40)35-17-8-11-20-41(35)53/h5-30,54H,1-4H3. The summed E-state index contributed by atoms with van der Waals surface area (Å²) >= 11 is 0. The van der Waals surface area contributed by atoms with Crippen molar-refractivity contribution < 1.29 is 0 Å². The first-order chi connectivity index (χ1) is 26.3. The van der Waals surface area contributed by atoms with Gasteiger partial charge in [-0.1, -0.05) is 155 Å². The molecule has 0 bridgehead atoms. The van der Waals surface area contributed by atoms with E-state index in [9.17, 15) is 0 Å². The second-order valence-corrected chi connectivity index (χ2v) is 16.9. The van der Waals surface area contributed by atoms with E-state index in [1.807, 2.05) is 0 Å². The van der Waals surface area contributed by atoms with Gasteiger partial charge in [0.1, 0.15) is 0 Å². The van der Waals surface area contributed by atoms with Crippen LogP contribution in [-0.4, -0.2) is 0 Å². The minimum Gasteiger partial charge on any atom is -0.355 e. The third kappa shape index (κ3) is 3.52. The molecule has 0 heterocycles. The molecule has 1 nitrogen and oxygen atoms in total. The Morgan fingerprint density at radius 2 is 0.907 bits per heavy atom. The molecular weight excluding hydrogens is 651 g/mol. The summed E-state index contributed by atoms with van der Waals surface area (Å²) in [6.07, 6.45) is 0. The zero-order valence-electron chi connectivity index (χ0n) is 31.0. The molecule has 0 aromatic heterocycles. The highest BCUT2D eigenvalue weighted by Crippen LogP contribution is 2.64. The van der Waals surface area contributed by atoms with Crippen LogP contribution < -0.4 is 5.32 Å². The van der Waals surface area contributed by atoms with Crippen molar-refractivity contribution in [3.05, 3.63) is 202 Å². The predicted octanol–water partition coefficient (Wildman–Crippen LogP) is 13.5. The lowest BCUT2D eigenvalue weighted by atomic mass is 9.70. The summed E-state index contributed by atoms with van der Waals surface area (Å²) in [5.41, 5.74) is 23.6. The van der Waals surface area contributed by atoms with Crippen LogP contribution in [0.5, 0.6) is 0 Å². The van der Waals surface area contributed by atoms with E-state index in [1.54, 1.807) is 0 Å². The topological polar surface area (TPSA) is 12.0 Å². The van der Waals surface area contributed by atoms with Crippen molar-refractivity contribution in [3.63, 3.8) is 0 Å². The number of rotatable bonds is 2. The Balaban J connectivity index is 0.998. The average Bonchev–Trinajstić information content (AvgIpc) is 3.83. The van der Waals surface area contributed by atoms with Crippen LogP contribution in [0.25, 0.3) is 55.3 Å². The number of anilines is 2. The van der Waals surface area contributed by atoms with E-state index in [0.29, 0.717) is 0 Å². The molecule has 1 N–H and O–H groups in total. The Labute approximate surface area is 317 Å². The summed E-state index contributed by atoms with van der Waals surface area (Å²) in [6.45, 7) is 9.62. The molecule has 0 unspecified atom stereocenters. The molecule has 1 spiro atoms. The van der Waals surface area contributed by atoms with Gasteiger partial charge in [0, 0.05) is 27.8 Å². The van der Waals surface area contributed by atoms with Gasteiger partial charge in [-0.05, 0) is 125 Å². The molecule has 0 atom stereocenters. The van der Waals surface area contributed by atoms with Crippen LogP contribution in [0.15, 0.2) is 158 Å². The zero-order valence-corrected chi connectivity index (χ0v) is 31.0. The summed E-state index contributed by atoms with van der Waals surface area (Å²) in [4.78, 5) is 0. The van der Waals surface area contributed by atoms with E-state index >= 15 is 0 Å². The first-order valence-corrected chi connectivity index (χ1v) is 19.4. The molecule has 0 radical (unpaired) electrons. The molecule has 4 aliphatic carbocycles. The number of nitrogens with one attached hydrogen (secondary N) is 1. The highest BCUT2D eigenvalue weighted by Gasteiger charge is 2.52. The Morgan fingerprint density at radius 3 is 1.67 bits per heavy atom. The Bertz CT molecular complexity index is 2930. The second-order valence-electron chi connectivity index (χ2n) is 16.9. The molecule has 256 valence electrons. The van der Waals surface area contributed by atoms with Gasteiger partial charge in [-0.2, -0.15) is 0 Å². The van der Waals surface area contributed by atoms with Crippen molar-refractivity contribution in [2.24, 2.45) is 0 Å². The number of hydrogen-bond donors (Lipinski definition) is 1. The molecule has 1 heteroatoms. The van der Waals surface area contributed by atoms with E-state index in [2.05, 4.69) is 191 Å². The SMILES string of the molecule is CC1(C)c2cc(Nc3cccc4c3-c3ccccc3C43c4ccccc4-c4ccccc43)ccc2-c2cc3c(cc21)-c1c(ccc2ccccc12)C3(C)C. The van der Waals surface area contributed by atoms with Crippen molar-refractivity contribution >= 4 is 22.1 Å². The third-order valence-corrected chi connectivity index (χ3v) is 13.7. The quantitative estimate of drug-likeness (QED) is 0.190. The highest BCUT2D eigenvalue weighted by atomic mass is 14.9. The molecule has 54 heavy (non-hydrogen) atoms. The van der Waals surface area contributed by atoms with Crippen LogP contribution in [0, 0.1) is 0 Å². The molecule has 4 aliphatic rings. The van der Waals surface area contributed by atoms with Gasteiger partial charge in [0.15, 0.2) is 0 Å². The molecule has 8 aromatic rings. The van der Waals surface area contributed by atoms with Crippen LogP contribution in [0.4, 0.5) is 11.4 Å². The molecule has 8 aromatic carbocycles. The van der Waals surface area contributed by atoms with Gasteiger partial charge < -0.3 is 5.32 Å². The van der Waals surface area contributed by atoms with Gasteiger partial charge in [-0.15, -0.1) is 0 Å². The fourth-order valence-electron chi connectivity index (χ4n) is 11.2. The van der Waals surface area contributed by atoms with Crippen molar-refractivity contribution in [2.75, 3.05) is 5.32 Å². The second kappa shape index (κ2) is 10.1.